The van der Waals surface area contributed by atoms with Crippen molar-refractivity contribution in [2.24, 2.45) is 0 Å². The van der Waals surface area contributed by atoms with Crippen molar-refractivity contribution in [3.8, 4) is 0 Å². The second kappa shape index (κ2) is 7.40. The van der Waals surface area contributed by atoms with E-state index in [-0.39, 0.29) is 11.8 Å². The molecule has 0 fully saturated rings. The van der Waals surface area contributed by atoms with Gasteiger partial charge >= 0.3 is 6.18 Å². The third-order valence-electron chi connectivity index (χ3n) is 3.71. The minimum atomic E-state index is -4.65. The van der Waals surface area contributed by atoms with E-state index < -0.39 is 17.6 Å². The highest BCUT2D eigenvalue weighted by molar-refractivity contribution is 6.30. The average Bonchev–Trinajstić information content (AvgIpc) is 2.63. The fourth-order valence-electron chi connectivity index (χ4n) is 2.34. The Morgan fingerprint density at radius 3 is 2.22 bits per heavy atom. The molecular formula is C18H13ClF4N4. The molecule has 0 amide bonds. The van der Waals surface area contributed by atoms with Gasteiger partial charge in [0.25, 0.3) is 0 Å². The van der Waals surface area contributed by atoms with Gasteiger partial charge in [-0.1, -0.05) is 11.6 Å². The SMILES string of the molecule is CN(c1ccc(F)cc1)c1nc(Nc2ccc(Cl)cc2)ncc1C(F)(F)F. The Labute approximate surface area is 157 Å². The summed E-state index contributed by atoms with van der Waals surface area (Å²) < 4.78 is 53.3. The molecular weight excluding hydrogens is 384 g/mol. The molecule has 0 unspecified atom stereocenters. The number of nitrogens with zero attached hydrogens (tertiary/aromatic N) is 3. The van der Waals surface area contributed by atoms with E-state index in [4.69, 9.17) is 11.6 Å². The van der Waals surface area contributed by atoms with Crippen molar-refractivity contribution in [1.29, 1.82) is 0 Å². The summed E-state index contributed by atoms with van der Waals surface area (Å²) in [7, 11) is 1.41. The summed E-state index contributed by atoms with van der Waals surface area (Å²) in [6, 6.07) is 11.6. The predicted molar refractivity (Wildman–Crippen MR) is 96.2 cm³/mol. The van der Waals surface area contributed by atoms with Crippen LogP contribution in [0.25, 0.3) is 0 Å². The van der Waals surface area contributed by atoms with Crippen molar-refractivity contribution >= 4 is 34.7 Å². The van der Waals surface area contributed by atoms with Gasteiger partial charge in [0, 0.05) is 29.6 Å². The van der Waals surface area contributed by atoms with Gasteiger partial charge in [-0.25, -0.2) is 9.37 Å². The number of rotatable bonds is 4. The predicted octanol–water partition coefficient (Wildman–Crippen LogP) is 5.80. The molecule has 3 aromatic rings. The molecule has 0 saturated heterocycles. The lowest BCUT2D eigenvalue weighted by Gasteiger charge is -2.22. The zero-order valence-corrected chi connectivity index (χ0v) is 14.7. The maximum absolute atomic E-state index is 13.4. The molecule has 0 aliphatic heterocycles. The molecule has 0 saturated carbocycles. The third kappa shape index (κ3) is 4.46. The number of hydrogen-bond acceptors (Lipinski definition) is 4. The van der Waals surface area contributed by atoms with Gasteiger partial charge in [0.1, 0.15) is 11.4 Å². The molecule has 2 aromatic carbocycles. The Bertz CT molecular complexity index is 928. The molecule has 1 aromatic heterocycles. The van der Waals surface area contributed by atoms with Crippen molar-refractivity contribution in [2.45, 2.75) is 6.18 Å². The summed E-state index contributed by atoms with van der Waals surface area (Å²) in [4.78, 5) is 8.98. The van der Waals surface area contributed by atoms with Crippen LogP contribution in [0.15, 0.2) is 54.7 Å². The van der Waals surface area contributed by atoms with Crippen molar-refractivity contribution in [2.75, 3.05) is 17.3 Å². The molecule has 4 nitrogen and oxygen atoms in total. The van der Waals surface area contributed by atoms with Crippen LogP contribution >= 0.6 is 11.6 Å². The molecule has 9 heteroatoms. The van der Waals surface area contributed by atoms with Gasteiger partial charge in [0.2, 0.25) is 5.95 Å². The molecule has 0 spiro atoms. The fraction of sp³-hybridized carbons (Fsp3) is 0.111. The van der Waals surface area contributed by atoms with E-state index in [9.17, 15) is 17.6 Å². The molecule has 140 valence electrons. The summed E-state index contributed by atoms with van der Waals surface area (Å²) in [5, 5.41) is 3.35. The summed E-state index contributed by atoms with van der Waals surface area (Å²) in [5.74, 6) is -0.870. The van der Waals surface area contributed by atoms with E-state index in [0.717, 1.165) is 12.1 Å². The normalized spacial score (nSPS) is 11.3. The number of aromatic nitrogens is 2. The first-order valence-electron chi connectivity index (χ1n) is 7.70. The second-order valence-electron chi connectivity index (χ2n) is 5.60. The van der Waals surface area contributed by atoms with Crippen LogP contribution in [0.5, 0.6) is 0 Å². The number of alkyl halides is 3. The van der Waals surface area contributed by atoms with Crippen LogP contribution in [0.1, 0.15) is 5.56 Å². The van der Waals surface area contributed by atoms with Gasteiger partial charge in [0.05, 0.1) is 0 Å². The van der Waals surface area contributed by atoms with Crippen LogP contribution in [0, 0.1) is 5.82 Å². The van der Waals surface area contributed by atoms with Crippen LogP contribution in [-0.2, 0) is 6.18 Å². The first-order valence-corrected chi connectivity index (χ1v) is 8.08. The molecule has 27 heavy (non-hydrogen) atoms. The van der Waals surface area contributed by atoms with Gasteiger partial charge in [-0.2, -0.15) is 18.2 Å². The van der Waals surface area contributed by atoms with Crippen molar-refractivity contribution < 1.29 is 17.6 Å². The lowest BCUT2D eigenvalue weighted by molar-refractivity contribution is -0.137. The topological polar surface area (TPSA) is 41.1 Å². The standard InChI is InChI=1S/C18H13ClF4N4/c1-27(14-8-4-12(20)5-9-14)16-15(18(21,22)23)10-24-17(26-16)25-13-6-2-11(19)3-7-13/h2-10H,1H3,(H,24,25,26). The van der Waals surface area contributed by atoms with Crippen molar-refractivity contribution in [3.05, 3.63) is 71.1 Å². The number of nitrogens with one attached hydrogen (secondary N) is 1. The van der Waals surface area contributed by atoms with Crippen LogP contribution in [-0.4, -0.2) is 17.0 Å². The Morgan fingerprint density at radius 1 is 1.00 bits per heavy atom. The van der Waals surface area contributed by atoms with E-state index in [2.05, 4.69) is 15.3 Å². The first-order chi connectivity index (χ1) is 12.7. The monoisotopic (exact) mass is 396 g/mol. The van der Waals surface area contributed by atoms with E-state index in [1.165, 1.54) is 24.1 Å². The van der Waals surface area contributed by atoms with Gasteiger partial charge < -0.3 is 10.2 Å². The molecule has 0 atom stereocenters. The fourth-order valence-corrected chi connectivity index (χ4v) is 2.46. The molecule has 1 heterocycles. The number of benzene rings is 2. The largest absolute Gasteiger partial charge is 0.421 e. The van der Waals surface area contributed by atoms with Crippen LogP contribution < -0.4 is 10.2 Å². The zero-order valence-electron chi connectivity index (χ0n) is 13.9. The first kappa shape index (κ1) is 18.9. The highest BCUT2D eigenvalue weighted by atomic mass is 35.5. The van der Waals surface area contributed by atoms with Gasteiger partial charge in [-0.15, -0.1) is 0 Å². The van der Waals surface area contributed by atoms with Crippen molar-refractivity contribution in [1.82, 2.24) is 9.97 Å². The lowest BCUT2D eigenvalue weighted by atomic mass is 10.2. The lowest BCUT2D eigenvalue weighted by Crippen LogP contribution is -2.19. The van der Waals surface area contributed by atoms with Gasteiger partial charge in [-0.05, 0) is 48.5 Å². The summed E-state index contributed by atoms with van der Waals surface area (Å²) in [5.41, 5.74) is -0.0939. The molecule has 0 aliphatic rings. The quantitative estimate of drug-likeness (QED) is 0.566. The second-order valence-corrected chi connectivity index (χ2v) is 6.03. The van der Waals surface area contributed by atoms with E-state index >= 15 is 0 Å². The van der Waals surface area contributed by atoms with Gasteiger partial charge in [-0.3, -0.25) is 0 Å². The summed E-state index contributed by atoms with van der Waals surface area (Å²) in [6.45, 7) is 0. The smallest absolute Gasteiger partial charge is 0.329 e. The van der Waals surface area contributed by atoms with Gasteiger partial charge in [0.15, 0.2) is 5.82 Å². The minimum Gasteiger partial charge on any atom is -0.329 e. The number of anilines is 4. The molecule has 0 aliphatic carbocycles. The Balaban J connectivity index is 2.00. The third-order valence-corrected chi connectivity index (χ3v) is 3.96. The molecule has 1 N–H and O–H groups in total. The number of halogens is 5. The Kier molecular flexibility index (Phi) is 5.18. The maximum Gasteiger partial charge on any atom is 0.421 e. The van der Waals surface area contributed by atoms with Crippen LogP contribution in [0.4, 0.5) is 40.7 Å². The zero-order chi connectivity index (χ0) is 19.6. The molecule has 3 rings (SSSR count). The highest BCUT2D eigenvalue weighted by Crippen LogP contribution is 2.37. The molecule has 0 radical (unpaired) electrons. The highest BCUT2D eigenvalue weighted by Gasteiger charge is 2.36. The average molecular weight is 397 g/mol. The van der Waals surface area contributed by atoms with Crippen LogP contribution in [0.3, 0.4) is 0 Å². The van der Waals surface area contributed by atoms with Crippen molar-refractivity contribution in [3.63, 3.8) is 0 Å². The maximum atomic E-state index is 13.4. The van der Waals surface area contributed by atoms with Crippen LogP contribution in [0.2, 0.25) is 5.02 Å². The number of hydrogen-bond donors (Lipinski definition) is 1. The van der Waals surface area contributed by atoms with E-state index in [1.807, 2.05) is 0 Å². The summed E-state index contributed by atoms with van der Waals surface area (Å²) in [6.07, 6.45) is -3.94. The molecule has 0 bridgehead atoms. The Hall–Kier alpha value is -2.87. The van der Waals surface area contributed by atoms with E-state index in [1.54, 1.807) is 24.3 Å². The Morgan fingerprint density at radius 2 is 1.63 bits per heavy atom. The van der Waals surface area contributed by atoms with E-state index in [0.29, 0.717) is 22.6 Å². The minimum absolute atomic E-state index is 0.0192. The summed E-state index contributed by atoms with van der Waals surface area (Å²) >= 11 is 5.81.